The van der Waals surface area contributed by atoms with E-state index in [0.29, 0.717) is 31.9 Å². The number of nitrogens with zero attached hydrogens (tertiary/aromatic N) is 3. The van der Waals surface area contributed by atoms with E-state index in [4.69, 9.17) is 9.84 Å². The molecular weight excluding hydrogens is 310 g/mol. The minimum Gasteiger partial charge on any atom is -0.483 e. The zero-order valence-electron chi connectivity index (χ0n) is 13.2. The minimum atomic E-state index is -0.845. The molecule has 1 fully saturated rings. The number of rotatable bonds is 5. The van der Waals surface area contributed by atoms with Gasteiger partial charge in [0.2, 0.25) is 0 Å². The maximum atomic E-state index is 12.3. The molecule has 1 aromatic carbocycles. The van der Waals surface area contributed by atoms with Crippen LogP contribution >= 0.6 is 0 Å². The number of para-hydroxylation sites is 1. The van der Waals surface area contributed by atoms with Gasteiger partial charge in [-0.05, 0) is 18.2 Å². The first-order valence-electron chi connectivity index (χ1n) is 7.82. The molecule has 0 bridgehead atoms. The molecule has 2 heterocycles. The largest absolute Gasteiger partial charge is 0.483 e. The fourth-order valence-electron chi connectivity index (χ4n) is 2.77. The number of hydrogen-bond donors (Lipinski definition) is 1. The number of amides is 1. The lowest BCUT2D eigenvalue weighted by atomic mass is 10.2. The van der Waals surface area contributed by atoms with E-state index < -0.39 is 5.97 Å². The number of ether oxygens (including phenoxy) is 1. The number of pyridine rings is 1. The Morgan fingerprint density at radius 2 is 1.88 bits per heavy atom. The van der Waals surface area contributed by atoms with Crippen LogP contribution in [-0.2, 0) is 9.59 Å². The maximum Gasteiger partial charge on any atom is 0.317 e. The summed E-state index contributed by atoms with van der Waals surface area (Å²) in [4.78, 5) is 30.8. The van der Waals surface area contributed by atoms with Gasteiger partial charge in [0.1, 0.15) is 5.75 Å². The van der Waals surface area contributed by atoms with Crippen LogP contribution in [0.15, 0.2) is 36.5 Å². The molecule has 1 N–H and O–H groups in total. The summed E-state index contributed by atoms with van der Waals surface area (Å²) in [5.74, 6) is -0.299. The Kier molecular flexibility index (Phi) is 4.90. The van der Waals surface area contributed by atoms with Crippen LogP contribution in [0, 0.1) is 0 Å². The molecule has 126 valence electrons. The van der Waals surface area contributed by atoms with Crippen molar-refractivity contribution in [3.63, 3.8) is 0 Å². The Balaban J connectivity index is 1.55. The lowest BCUT2D eigenvalue weighted by Gasteiger charge is -2.33. The standard InChI is InChI=1S/C17H19N3O4/c21-16(20-9-7-19(8-10-20)11-17(22)23)12-24-15-5-6-18-14-4-2-1-3-13(14)15/h1-6H,7-12H2,(H,22,23). The molecule has 7 nitrogen and oxygen atoms in total. The Morgan fingerprint density at radius 1 is 1.12 bits per heavy atom. The summed E-state index contributed by atoms with van der Waals surface area (Å²) >= 11 is 0. The van der Waals surface area contributed by atoms with Gasteiger partial charge < -0.3 is 14.7 Å². The van der Waals surface area contributed by atoms with Gasteiger partial charge in [0.25, 0.3) is 5.91 Å². The van der Waals surface area contributed by atoms with Gasteiger partial charge >= 0.3 is 5.97 Å². The Labute approximate surface area is 139 Å². The van der Waals surface area contributed by atoms with Gasteiger partial charge in [-0.1, -0.05) is 12.1 Å². The highest BCUT2D eigenvalue weighted by Crippen LogP contribution is 2.23. The average Bonchev–Trinajstić information content (AvgIpc) is 2.59. The third-order valence-electron chi connectivity index (χ3n) is 4.04. The number of carboxylic acids is 1. The fourth-order valence-corrected chi connectivity index (χ4v) is 2.77. The van der Waals surface area contributed by atoms with Crippen LogP contribution < -0.4 is 4.74 Å². The number of aliphatic carboxylic acids is 1. The summed E-state index contributed by atoms with van der Waals surface area (Å²) < 4.78 is 5.69. The van der Waals surface area contributed by atoms with Crippen LogP contribution in [0.1, 0.15) is 0 Å². The Bertz CT molecular complexity index is 736. The molecule has 1 aliphatic heterocycles. The second kappa shape index (κ2) is 7.27. The minimum absolute atomic E-state index is 0.0154. The van der Waals surface area contributed by atoms with Crippen LogP contribution in [0.3, 0.4) is 0 Å². The molecule has 0 unspecified atom stereocenters. The van der Waals surface area contributed by atoms with E-state index in [2.05, 4.69) is 4.98 Å². The molecular formula is C17H19N3O4. The second-order valence-corrected chi connectivity index (χ2v) is 5.67. The van der Waals surface area contributed by atoms with E-state index in [1.165, 1.54) is 0 Å². The quantitative estimate of drug-likeness (QED) is 0.875. The SMILES string of the molecule is O=C(O)CN1CCN(C(=O)COc2ccnc3ccccc23)CC1. The van der Waals surface area contributed by atoms with Crippen molar-refractivity contribution in [2.45, 2.75) is 0 Å². The first-order valence-corrected chi connectivity index (χ1v) is 7.82. The molecule has 1 aliphatic rings. The molecule has 0 radical (unpaired) electrons. The van der Waals surface area contributed by atoms with E-state index in [1.54, 1.807) is 17.2 Å². The maximum absolute atomic E-state index is 12.3. The molecule has 24 heavy (non-hydrogen) atoms. The lowest BCUT2D eigenvalue weighted by molar-refractivity contribution is -0.139. The van der Waals surface area contributed by atoms with Gasteiger partial charge in [0.05, 0.1) is 12.1 Å². The monoisotopic (exact) mass is 329 g/mol. The summed E-state index contributed by atoms with van der Waals surface area (Å²) in [5.41, 5.74) is 0.824. The van der Waals surface area contributed by atoms with Gasteiger partial charge in [-0.2, -0.15) is 0 Å². The van der Waals surface area contributed by atoms with Crippen molar-refractivity contribution in [3.05, 3.63) is 36.5 Å². The first kappa shape index (κ1) is 16.2. The van der Waals surface area contributed by atoms with Gasteiger partial charge in [0, 0.05) is 37.8 Å². The summed E-state index contributed by atoms with van der Waals surface area (Å²) in [6.07, 6.45) is 1.66. The van der Waals surface area contributed by atoms with Gasteiger partial charge in [-0.3, -0.25) is 19.5 Å². The van der Waals surface area contributed by atoms with E-state index >= 15 is 0 Å². The molecule has 0 aliphatic carbocycles. The predicted octanol–water partition coefficient (Wildman–Crippen LogP) is 0.842. The normalized spacial score (nSPS) is 15.4. The zero-order valence-corrected chi connectivity index (χ0v) is 13.2. The molecule has 2 aromatic rings. The van der Waals surface area contributed by atoms with Gasteiger partial charge in [-0.25, -0.2) is 0 Å². The number of carbonyl (C=O) groups is 2. The highest BCUT2D eigenvalue weighted by atomic mass is 16.5. The van der Waals surface area contributed by atoms with Crippen LogP contribution in [-0.4, -0.2) is 71.1 Å². The van der Waals surface area contributed by atoms with E-state index in [-0.39, 0.29) is 19.1 Å². The van der Waals surface area contributed by atoms with Crippen LogP contribution in [0.2, 0.25) is 0 Å². The lowest BCUT2D eigenvalue weighted by Crippen LogP contribution is -2.51. The molecule has 1 aromatic heterocycles. The summed E-state index contributed by atoms with van der Waals surface area (Å²) in [6.45, 7) is 2.15. The molecule has 0 spiro atoms. The van der Waals surface area contributed by atoms with Gasteiger partial charge in [-0.15, -0.1) is 0 Å². The topological polar surface area (TPSA) is 83.0 Å². The second-order valence-electron chi connectivity index (χ2n) is 5.67. The van der Waals surface area contributed by atoms with Crippen molar-refractivity contribution in [2.75, 3.05) is 39.3 Å². The highest BCUT2D eigenvalue weighted by molar-refractivity contribution is 5.85. The van der Waals surface area contributed by atoms with Crippen molar-refractivity contribution >= 4 is 22.8 Å². The smallest absolute Gasteiger partial charge is 0.317 e. The number of carboxylic acid groups (broad SMARTS) is 1. The van der Waals surface area contributed by atoms with Crippen LogP contribution in [0.4, 0.5) is 0 Å². The van der Waals surface area contributed by atoms with Crippen molar-refractivity contribution in [3.8, 4) is 5.75 Å². The average molecular weight is 329 g/mol. The Morgan fingerprint density at radius 3 is 2.62 bits per heavy atom. The van der Waals surface area contributed by atoms with Crippen molar-refractivity contribution in [1.82, 2.24) is 14.8 Å². The summed E-state index contributed by atoms with van der Waals surface area (Å²) in [7, 11) is 0. The first-order chi connectivity index (χ1) is 11.6. The molecule has 1 amide bonds. The summed E-state index contributed by atoms with van der Waals surface area (Å²) in [5, 5.41) is 9.66. The highest BCUT2D eigenvalue weighted by Gasteiger charge is 2.22. The van der Waals surface area contributed by atoms with Crippen molar-refractivity contribution < 1.29 is 19.4 Å². The summed E-state index contributed by atoms with van der Waals surface area (Å²) in [6, 6.07) is 9.36. The molecule has 7 heteroatoms. The molecule has 3 rings (SSSR count). The van der Waals surface area contributed by atoms with Crippen molar-refractivity contribution in [1.29, 1.82) is 0 Å². The third kappa shape index (κ3) is 3.80. The van der Waals surface area contributed by atoms with Crippen LogP contribution in [0.5, 0.6) is 5.75 Å². The number of fused-ring (bicyclic) bond motifs is 1. The third-order valence-corrected chi connectivity index (χ3v) is 4.04. The molecule has 1 saturated heterocycles. The van der Waals surface area contributed by atoms with E-state index in [9.17, 15) is 9.59 Å². The fraction of sp³-hybridized carbons (Fsp3) is 0.353. The van der Waals surface area contributed by atoms with E-state index in [1.807, 2.05) is 29.2 Å². The number of aromatic nitrogens is 1. The van der Waals surface area contributed by atoms with Crippen molar-refractivity contribution in [2.24, 2.45) is 0 Å². The number of benzene rings is 1. The number of hydrogen-bond acceptors (Lipinski definition) is 5. The van der Waals surface area contributed by atoms with Crippen LogP contribution in [0.25, 0.3) is 10.9 Å². The number of carbonyl (C=O) groups excluding carboxylic acids is 1. The zero-order chi connectivity index (χ0) is 16.9. The molecule has 0 atom stereocenters. The van der Waals surface area contributed by atoms with E-state index in [0.717, 1.165) is 10.9 Å². The van der Waals surface area contributed by atoms with Gasteiger partial charge in [0.15, 0.2) is 6.61 Å². The molecule has 0 saturated carbocycles. The Hall–Kier alpha value is -2.67. The number of piperazine rings is 1. The predicted molar refractivity (Wildman–Crippen MR) is 87.9 cm³/mol.